The second-order valence-corrected chi connectivity index (χ2v) is 12.6. The van der Waals surface area contributed by atoms with Crippen LogP contribution in [0.4, 0.5) is 5.13 Å². The molecule has 4 heterocycles. The van der Waals surface area contributed by atoms with E-state index < -0.39 is 10.0 Å². The molecule has 2 aromatic heterocycles. The summed E-state index contributed by atoms with van der Waals surface area (Å²) in [5, 5.41) is 3.65. The normalized spacial score (nSPS) is 18.1. The van der Waals surface area contributed by atoms with Gasteiger partial charge in [-0.1, -0.05) is 23.5 Å². The van der Waals surface area contributed by atoms with E-state index in [4.69, 9.17) is 9.15 Å². The average Bonchev–Trinajstić information content (AvgIpc) is 3.56. The van der Waals surface area contributed by atoms with Gasteiger partial charge in [0.2, 0.25) is 5.91 Å². The number of fused-ring (bicyclic) bond motifs is 1. The lowest BCUT2D eigenvalue weighted by Crippen LogP contribution is -2.44. The molecule has 2 fully saturated rings. The SMILES string of the molecule is COc1cccc2cc(C(=O)N3CCC4(CC3)CCN(S(=O)(=O)c3sc(NC(C)=O)nc3C)C4)oc12. The van der Waals surface area contributed by atoms with Crippen molar-refractivity contribution < 1.29 is 27.2 Å². The van der Waals surface area contributed by atoms with Gasteiger partial charge in [0.1, 0.15) is 0 Å². The van der Waals surface area contributed by atoms with Crippen LogP contribution < -0.4 is 10.1 Å². The largest absolute Gasteiger partial charge is 0.493 e. The molecular weight excluding hydrogens is 504 g/mol. The van der Waals surface area contributed by atoms with Crippen LogP contribution in [0, 0.1) is 12.3 Å². The topological polar surface area (TPSA) is 122 Å². The lowest BCUT2D eigenvalue weighted by atomic mass is 9.78. The van der Waals surface area contributed by atoms with Crippen LogP contribution in [0.25, 0.3) is 11.0 Å². The Morgan fingerprint density at radius 2 is 1.92 bits per heavy atom. The van der Waals surface area contributed by atoms with Crippen molar-refractivity contribution in [2.75, 3.05) is 38.6 Å². The first-order valence-electron chi connectivity index (χ1n) is 11.7. The zero-order chi connectivity index (χ0) is 25.7. The number of nitrogens with zero attached hydrogens (tertiary/aromatic N) is 3. The maximum Gasteiger partial charge on any atom is 0.289 e. The van der Waals surface area contributed by atoms with Crippen molar-refractivity contribution in [1.82, 2.24) is 14.2 Å². The first kappa shape index (κ1) is 24.7. The Morgan fingerprint density at radius 3 is 2.61 bits per heavy atom. The third-order valence-electron chi connectivity index (χ3n) is 7.06. The van der Waals surface area contributed by atoms with Crippen molar-refractivity contribution in [3.8, 4) is 5.75 Å². The molecule has 12 heteroatoms. The Bertz CT molecular complexity index is 1440. The van der Waals surface area contributed by atoms with Gasteiger partial charge in [0, 0.05) is 38.5 Å². The van der Waals surface area contributed by atoms with Gasteiger partial charge in [-0.3, -0.25) is 9.59 Å². The Morgan fingerprint density at radius 1 is 1.19 bits per heavy atom. The van der Waals surface area contributed by atoms with Crippen LogP contribution in [0.3, 0.4) is 0 Å². The summed E-state index contributed by atoms with van der Waals surface area (Å²) >= 11 is 0.978. The quantitative estimate of drug-likeness (QED) is 0.534. The number of carbonyl (C=O) groups is 2. The number of hydrogen-bond donors (Lipinski definition) is 1. The van der Waals surface area contributed by atoms with Crippen molar-refractivity contribution >= 4 is 49.3 Å². The minimum Gasteiger partial charge on any atom is -0.493 e. The molecule has 0 aliphatic carbocycles. The number of rotatable bonds is 5. The monoisotopic (exact) mass is 532 g/mol. The van der Waals surface area contributed by atoms with Gasteiger partial charge >= 0.3 is 0 Å². The number of para-hydroxylation sites is 1. The molecule has 0 radical (unpaired) electrons. The zero-order valence-corrected chi connectivity index (χ0v) is 22.0. The first-order valence-corrected chi connectivity index (χ1v) is 14.0. The van der Waals surface area contributed by atoms with Gasteiger partial charge in [0.15, 0.2) is 26.4 Å². The molecule has 3 aromatic rings. The number of hydrogen-bond acceptors (Lipinski definition) is 8. The molecule has 0 unspecified atom stereocenters. The zero-order valence-electron chi connectivity index (χ0n) is 20.4. The number of nitrogens with one attached hydrogen (secondary N) is 1. The van der Waals surface area contributed by atoms with Gasteiger partial charge in [-0.2, -0.15) is 4.31 Å². The van der Waals surface area contributed by atoms with Crippen LogP contribution in [0.15, 0.2) is 32.9 Å². The van der Waals surface area contributed by atoms with E-state index in [0.29, 0.717) is 56.0 Å². The maximum absolute atomic E-state index is 13.4. The van der Waals surface area contributed by atoms with Gasteiger partial charge in [-0.15, -0.1) is 0 Å². The predicted octanol–water partition coefficient (Wildman–Crippen LogP) is 3.48. The van der Waals surface area contributed by atoms with Crippen LogP contribution in [0.1, 0.15) is 42.4 Å². The molecule has 2 saturated heterocycles. The van der Waals surface area contributed by atoms with E-state index >= 15 is 0 Å². The highest BCUT2D eigenvalue weighted by Gasteiger charge is 2.46. The smallest absolute Gasteiger partial charge is 0.289 e. The number of carbonyl (C=O) groups excluding carboxylic acids is 2. The minimum absolute atomic E-state index is 0.163. The van der Waals surface area contributed by atoms with Crippen LogP contribution >= 0.6 is 11.3 Å². The predicted molar refractivity (Wildman–Crippen MR) is 135 cm³/mol. The highest BCUT2D eigenvalue weighted by atomic mass is 32.2. The highest BCUT2D eigenvalue weighted by molar-refractivity contribution is 7.91. The van der Waals surface area contributed by atoms with E-state index in [-0.39, 0.29) is 32.3 Å². The lowest BCUT2D eigenvalue weighted by molar-refractivity contribution is -0.114. The number of thiazole rings is 1. The highest BCUT2D eigenvalue weighted by Crippen LogP contribution is 2.43. The Hall–Kier alpha value is -2.96. The molecule has 10 nitrogen and oxygen atoms in total. The van der Waals surface area contributed by atoms with Crippen molar-refractivity contribution in [1.29, 1.82) is 0 Å². The van der Waals surface area contributed by atoms with Gasteiger partial charge < -0.3 is 19.4 Å². The van der Waals surface area contributed by atoms with Crippen LogP contribution in [0.2, 0.25) is 0 Å². The lowest BCUT2D eigenvalue weighted by Gasteiger charge is -2.38. The van der Waals surface area contributed by atoms with Crippen molar-refractivity contribution in [2.24, 2.45) is 5.41 Å². The molecule has 0 bridgehead atoms. The number of amides is 2. The molecule has 1 spiro atoms. The van der Waals surface area contributed by atoms with E-state index in [1.807, 2.05) is 12.1 Å². The number of benzene rings is 1. The molecule has 2 aliphatic rings. The third-order valence-corrected chi connectivity index (χ3v) is 10.6. The molecular formula is C24H28N4O6S2. The van der Waals surface area contributed by atoms with E-state index in [1.54, 1.807) is 31.1 Å². The molecule has 0 atom stereocenters. The number of ether oxygens (including phenoxy) is 1. The number of methoxy groups -OCH3 is 1. The molecule has 2 aliphatic heterocycles. The average molecular weight is 533 g/mol. The number of aromatic nitrogens is 1. The number of anilines is 1. The summed E-state index contributed by atoms with van der Waals surface area (Å²) < 4.78 is 39.6. The van der Waals surface area contributed by atoms with Gasteiger partial charge in [-0.25, -0.2) is 13.4 Å². The summed E-state index contributed by atoms with van der Waals surface area (Å²) in [6.45, 7) is 4.90. The molecule has 1 aromatic carbocycles. The van der Waals surface area contributed by atoms with E-state index in [2.05, 4.69) is 10.3 Å². The fourth-order valence-electron chi connectivity index (χ4n) is 5.09. The Labute approximate surface area is 213 Å². The summed E-state index contributed by atoms with van der Waals surface area (Å²) in [5.41, 5.74) is 0.765. The summed E-state index contributed by atoms with van der Waals surface area (Å²) in [6.07, 6.45) is 2.17. The molecule has 0 saturated carbocycles. The Balaban J connectivity index is 1.26. The first-order chi connectivity index (χ1) is 17.1. The van der Waals surface area contributed by atoms with Gasteiger partial charge in [-0.05, 0) is 43.7 Å². The van der Waals surface area contributed by atoms with Crippen LogP contribution in [-0.4, -0.2) is 67.7 Å². The third kappa shape index (κ3) is 4.37. The van der Waals surface area contributed by atoms with E-state index in [9.17, 15) is 18.0 Å². The van der Waals surface area contributed by atoms with E-state index in [0.717, 1.165) is 23.1 Å². The summed E-state index contributed by atoms with van der Waals surface area (Å²) in [7, 11) is -2.16. The number of aryl methyl sites for hydroxylation is 1. The Kier molecular flexibility index (Phi) is 6.29. The molecule has 2 amide bonds. The fraction of sp³-hybridized carbons (Fsp3) is 0.458. The van der Waals surface area contributed by atoms with Crippen LogP contribution in [-0.2, 0) is 14.8 Å². The summed E-state index contributed by atoms with van der Waals surface area (Å²) in [5.74, 6) is 0.390. The fourth-order valence-corrected chi connectivity index (χ4v) is 8.24. The number of piperidine rings is 1. The minimum atomic E-state index is -3.72. The summed E-state index contributed by atoms with van der Waals surface area (Å²) in [6, 6.07) is 7.25. The van der Waals surface area contributed by atoms with Crippen LogP contribution in [0.5, 0.6) is 5.75 Å². The van der Waals surface area contributed by atoms with E-state index in [1.165, 1.54) is 11.2 Å². The number of sulfonamides is 1. The standard InChI is InChI=1S/C24H28N4O6S2/c1-15-22(35-23(25-15)26-16(2)29)36(31,32)28-12-9-24(14-28)7-10-27(11-8-24)21(30)19-13-17-5-4-6-18(33-3)20(17)34-19/h4-6,13H,7-12,14H2,1-3H3,(H,25,26,29). The van der Waals surface area contributed by atoms with Gasteiger partial charge in [0.25, 0.3) is 15.9 Å². The maximum atomic E-state index is 13.4. The molecule has 36 heavy (non-hydrogen) atoms. The second-order valence-electron chi connectivity index (χ2n) is 9.44. The molecule has 1 N–H and O–H groups in total. The second kappa shape index (κ2) is 9.16. The van der Waals surface area contributed by atoms with Crippen molar-refractivity contribution in [3.63, 3.8) is 0 Å². The number of likely N-dealkylation sites (tertiary alicyclic amines) is 1. The number of furan rings is 1. The molecule has 5 rings (SSSR count). The summed E-state index contributed by atoms with van der Waals surface area (Å²) in [4.78, 5) is 30.5. The van der Waals surface area contributed by atoms with Crippen molar-refractivity contribution in [2.45, 2.75) is 37.3 Å². The van der Waals surface area contributed by atoms with Gasteiger partial charge in [0.05, 0.1) is 12.8 Å². The molecule has 192 valence electrons. The van der Waals surface area contributed by atoms with Crippen molar-refractivity contribution in [3.05, 3.63) is 35.7 Å².